The fourth-order valence-electron chi connectivity index (χ4n) is 1.94. The van der Waals surface area contributed by atoms with E-state index in [2.05, 4.69) is 18.1 Å². The lowest BCUT2D eigenvalue weighted by atomic mass is 10.0. The van der Waals surface area contributed by atoms with Crippen molar-refractivity contribution in [2.75, 3.05) is 0 Å². The second-order valence-electron chi connectivity index (χ2n) is 4.12. The molecule has 1 rings (SSSR count). The van der Waals surface area contributed by atoms with Crippen molar-refractivity contribution in [3.63, 3.8) is 0 Å². The van der Waals surface area contributed by atoms with E-state index in [0.29, 0.717) is 6.04 Å². The van der Waals surface area contributed by atoms with Crippen molar-refractivity contribution in [2.24, 2.45) is 4.99 Å². The van der Waals surface area contributed by atoms with Gasteiger partial charge in [-0.1, -0.05) is 45.4 Å². The van der Waals surface area contributed by atoms with E-state index in [1.54, 1.807) is 0 Å². The number of hydrogen-bond donors (Lipinski definition) is 0. The molecule has 0 saturated carbocycles. The molecule has 1 aliphatic heterocycles. The molecule has 1 unspecified atom stereocenters. The molecule has 1 heterocycles. The van der Waals surface area contributed by atoms with Gasteiger partial charge in [-0.3, -0.25) is 4.99 Å². The van der Waals surface area contributed by atoms with Crippen molar-refractivity contribution in [3.8, 4) is 0 Å². The third-order valence-corrected chi connectivity index (χ3v) is 2.84. The molecule has 0 aromatic carbocycles. The summed E-state index contributed by atoms with van der Waals surface area (Å²) in [4.78, 5) is 4.44. The van der Waals surface area contributed by atoms with E-state index >= 15 is 0 Å². The standard InChI is InChI=1S/C12H23N/c1-2-3-4-5-6-7-9-12-10-8-11-13-12/h11-12H,2-10H2,1H3. The summed E-state index contributed by atoms with van der Waals surface area (Å²) >= 11 is 0. The Morgan fingerprint density at radius 2 is 1.92 bits per heavy atom. The lowest BCUT2D eigenvalue weighted by Gasteiger charge is -2.05. The zero-order valence-electron chi connectivity index (χ0n) is 8.97. The second-order valence-corrected chi connectivity index (χ2v) is 4.12. The fraction of sp³-hybridized carbons (Fsp3) is 0.917. The first-order valence-corrected chi connectivity index (χ1v) is 5.95. The number of unbranched alkanes of at least 4 members (excludes halogenated alkanes) is 5. The van der Waals surface area contributed by atoms with E-state index in [4.69, 9.17) is 0 Å². The summed E-state index contributed by atoms with van der Waals surface area (Å²) in [5.41, 5.74) is 0. The predicted molar refractivity (Wildman–Crippen MR) is 59.5 cm³/mol. The molecule has 76 valence electrons. The first kappa shape index (κ1) is 10.7. The van der Waals surface area contributed by atoms with Crippen LogP contribution in [0.2, 0.25) is 0 Å². The minimum absolute atomic E-state index is 0.686. The van der Waals surface area contributed by atoms with Crippen LogP contribution in [0, 0.1) is 0 Å². The summed E-state index contributed by atoms with van der Waals surface area (Å²) in [6, 6.07) is 0.686. The summed E-state index contributed by atoms with van der Waals surface area (Å²) in [5.74, 6) is 0. The average molecular weight is 181 g/mol. The number of nitrogens with zero attached hydrogens (tertiary/aromatic N) is 1. The van der Waals surface area contributed by atoms with Crippen molar-refractivity contribution in [1.82, 2.24) is 0 Å². The minimum Gasteiger partial charge on any atom is -0.294 e. The predicted octanol–water partition coefficient (Wildman–Crippen LogP) is 3.97. The zero-order valence-corrected chi connectivity index (χ0v) is 8.97. The molecule has 1 heteroatoms. The molecule has 0 radical (unpaired) electrons. The van der Waals surface area contributed by atoms with Gasteiger partial charge in [-0.05, 0) is 25.5 Å². The van der Waals surface area contributed by atoms with E-state index in [1.807, 2.05) is 0 Å². The molecule has 0 N–H and O–H groups in total. The van der Waals surface area contributed by atoms with E-state index in [1.165, 1.54) is 57.8 Å². The van der Waals surface area contributed by atoms with Crippen LogP contribution >= 0.6 is 0 Å². The monoisotopic (exact) mass is 181 g/mol. The summed E-state index contributed by atoms with van der Waals surface area (Å²) in [6.07, 6.45) is 14.4. The molecule has 0 amide bonds. The number of hydrogen-bond acceptors (Lipinski definition) is 1. The Morgan fingerprint density at radius 3 is 2.62 bits per heavy atom. The molecule has 1 nitrogen and oxygen atoms in total. The quantitative estimate of drug-likeness (QED) is 0.527. The van der Waals surface area contributed by atoms with Gasteiger partial charge in [-0.25, -0.2) is 0 Å². The fourth-order valence-corrected chi connectivity index (χ4v) is 1.94. The van der Waals surface area contributed by atoms with Crippen molar-refractivity contribution in [3.05, 3.63) is 0 Å². The largest absolute Gasteiger partial charge is 0.294 e. The highest BCUT2D eigenvalue weighted by Crippen LogP contribution is 2.16. The summed E-state index contributed by atoms with van der Waals surface area (Å²) in [5, 5.41) is 0. The van der Waals surface area contributed by atoms with Crippen LogP contribution in [0.3, 0.4) is 0 Å². The maximum atomic E-state index is 4.44. The van der Waals surface area contributed by atoms with Crippen LogP contribution in [0.25, 0.3) is 0 Å². The van der Waals surface area contributed by atoms with Crippen LogP contribution in [-0.2, 0) is 0 Å². The smallest absolute Gasteiger partial charge is 0.0499 e. The highest BCUT2D eigenvalue weighted by Gasteiger charge is 2.08. The van der Waals surface area contributed by atoms with Gasteiger partial charge >= 0.3 is 0 Å². The second kappa shape index (κ2) is 7.11. The number of aliphatic imine (C=N–C) groups is 1. The maximum absolute atomic E-state index is 4.44. The first-order chi connectivity index (χ1) is 6.43. The Balaban J connectivity index is 1.81. The molecule has 1 aliphatic rings. The van der Waals surface area contributed by atoms with Crippen LogP contribution in [0.5, 0.6) is 0 Å². The Labute approximate surface area is 82.6 Å². The van der Waals surface area contributed by atoms with E-state index in [9.17, 15) is 0 Å². The van der Waals surface area contributed by atoms with Gasteiger partial charge in [-0.2, -0.15) is 0 Å². The van der Waals surface area contributed by atoms with Crippen LogP contribution in [0.1, 0.15) is 64.7 Å². The molecule has 13 heavy (non-hydrogen) atoms. The van der Waals surface area contributed by atoms with Gasteiger partial charge in [0.05, 0.1) is 0 Å². The molecule has 0 aromatic rings. The highest BCUT2D eigenvalue weighted by molar-refractivity contribution is 5.59. The van der Waals surface area contributed by atoms with Crippen molar-refractivity contribution >= 4 is 6.21 Å². The number of rotatable bonds is 7. The highest BCUT2D eigenvalue weighted by atomic mass is 14.8. The summed E-state index contributed by atoms with van der Waals surface area (Å²) < 4.78 is 0. The molecule has 0 spiro atoms. The van der Waals surface area contributed by atoms with E-state index < -0.39 is 0 Å². The van der Waals surface area contributed by atoms with Crippen LogP contribution in [0.4, 0.5) is 0 Å². The van der Waals surface area contributed by atoms with Crippen LogP contribution in [0.15, 0.2) is 4.99 Å². The topological polar surface area (TPSA) is 12.4 Å². The van der Waals surface area contributed by atoms with Gasteiger partial charge in [0.1, 0.15) is 0 Å². The average Bonchev–Trinajstić information content (AvgIpc) is 2.63. The maximum Gasteiger partial charge on any atom is 0.0499 e. The third kappa shape index (κ3) is 5.07. The van der Waals surface area contributed by atoms with Gasteiger partial charge in [0.25, 0.3) is 0 Å². The van der Waals surface area contributed by atoms with Crippen LogP contribution < -0.4 is 0 Å². The van der Waals surface area contributed by atoms with Crippen molar-refractivity contribution in [1.29, 1.82) is 0 Å². The van der Waals surface area contributed by atoms with Gasteiger partial charge in [0, 0.05) is 6.04 Å². The van der Waals surface area contributed by atoms with Gasteiger partial charge < -0.3 is 0 Å². The summed E-state index contributed by atoms with van der Waals surface area (Å²) in [7, 11) is 0. The van der Waals surface area contributed by atoms with Gasteiger partial charge in [0.2, 0.25) is 0 Å². The van der Waals surface area contributed by atoms with E-state index in [0.717, 1.165) is 0 Å². The molecular weight excluding hydrogens is 158 g/mol. The molecule has 0 aromatic heterocycles. The van der Waals surface area contributed by atoms with Gasteiger partial charge in [0.15, 0.2) is 0 Å². The molecule has 0 aliphatic carbocycles. The molecule has 0 fully saturated rings. The molecule has 0 bridgehead atoms. The Kier molecular flexibility index (Phi) is 5.88. The van der Waals surface area contributed by atoms with Crippen LogP contribution in [-0.4, -0.2) is 12.3 Å². The Hall–Kier alpha value is -0.330. The zero-order chi connectivity index (χ0) is 9.36. The van der Waals surface area contributed by atoms with E-state index in [-0.39, 0.29) is 0 Å². The SMILES string of the molecule is CCCCCCCCC1CCC=N1. The Bertz CT molecular complexity index is 140. The molecule has 1 atom stereocenters. The first-order valence-electron chi connectivity index (χ1n) is 5.95. The normalized spacial score (nSPS) is 21.2. The summed E-state index contributed by atoms with van der Waals surface area (Å²) in [6.45, 7) is 2.27. The lowest BCUT2D eigenvalue weighted by molar-refractivity contribution is 0.535. The van der Waals surface area contributed by atoms with Gasteiger partial charge in [-0.15, -0.1) is 0 Å². The minimum atomic E-state index is 0.686. The molecular formula is C12H23N. The third-order valence-electron chi connectivity index (χ3n) is 2.84. The Morgan fingerprint density at radius 1 is 1.15 bits per heavy atom. The van der Waals surface area contributed by atoms with Crippen molar-refractivity contribution < 1.29 is 0 Å². The lowest BCUT2D eigenvalue weighted by Crippen LogP contribution is -1.98. The van der Waals surface area contributed by atoms with Crippen molar-refractivity contribution in [2.45, 2.75) is 70.8 Å². The molecule has 0 saturated heterocycles.